The maximum absolute atomic E-state index is 5.83. The average Bonchev–Trinajstić information content (AvgIpc) is 2.12. The second kappa shape index (κ2) is 5.59. The van der Waals surface area contributed by atoms with Gasteiger partial charge in [0.1, 0.15) is 0 Å². The van der Waals surface area contributed by atoms with Crippen molar-refractivity contribution >= 4 is 0 Å². The van der Waals surface area contributed by atoms with Gasteiger partial charge in [0.2, 0.25) is 0 Å². The zero-order chi connectivity index (χ0) is 11.5. The van der Waals surface area contributed by atoms with Crippen molar-refractivity contribution in [2.45, 2.75) is 50.1 Å². The summed E-state index contributed by atoms with van der Waals surface area (Å²) < 4.78 is 0. The van der Waals surface area contributed by atoms with Crippen molar-refractivity contribution in [2.24, 2.45) is 34.4 Å². The summed E-state index contributed by atoms with van der Waals surface area (Å²) in [6, 6.07) is -2.02. The highest BCUT2D eigenvalue weighted by atomic mass is 14.9. The number of nitrogens with two attached hydrogens (primary N) is 6. The van der Waals surface area contributed by atoms with Crippen LogP contribution in [0, 0.1) is 0 Å². The van der Waals surface area contributed by atoms with Crippen molar-refractivity contribution in [3.8, 4) is 0 Å². The molecule has 0 aliphatic heterocycles. The molecule has 0 heterocycles. The summed E-state index contributed by atoms with van der Waals surface area (Å²) in [7, 11) is 0. The van der Waals surface area contributed by atoms with Gasteiger partial charge in [-0.1, -0.05) is 0 Å². The van der Waals surface area contributed by atoms with E-state index in [2.05, 4.69) is 0 Å². The van der Waals surface area contributed by atoms with Gasteiger partial charge in [0, 0.05) is 36.3 Å². The van der Waals surface area contributed by atoms with Crippen LogP contribution in [0.4, 0.5) is 0 Å². The summed E-state index contributed by atoms with van der Waals surface area (Å²) in [5.41, 5.74) is 34.5. The molecule has 0 aromatic heterocycles. The van der Waals surface area contributed by atoms with E-state index < -0.39 is 12.1 Å². The number of hydrogen-bond acceptors (Lipinski definition) is 6. The van der Waals surface area contributed by atoms with Crippen LogP contribution >= 0.6 is 0 Å². The van der Waals surface area contributed by atoms with Crippen molar-refractivity contribution < 1.29 is 0 Å². The Morgan fingerprint density at radius 1 is 0.500 bits per heavy atom. The fraction of sp³-hybridized carbons (Fsp3) is 1.00. The molecule has 0 aromatic carbocycles. The third-order valence-electron chi connectivity index (χ3n) is 2.55. The normalized spacial score (nSPS) is 24.9. The van der Waals surface area contributed by atoms with Crippen molar-refractivity contribution in [3.05, 3.63) is 0 Å². The van der Waals surface area contributed by atoms with Gasteiger partial charge in [-0.3, -0.25) is 0 Å². The van der Waals surface area contributed by atoms with Gasteiger partial charge in [-0.2, -0.15) is 0 Å². The van der Waals surface area contributed by atoms with Gasteiger partial charge in [-0.25, -0.2) is 0 Å². The molecule has 0 rings (SSSR count). The Balaban J connectivity index is 4.30. The van der Waals surface area contributed by atoms with E-state index >= 15 is 0 Å². The van der Waals surface area contributed by atoms with Gasteiger partial charge in [-0.05, 0) is 13.8 Å². The standard InChI is InChI=1S/C8H24N6/c1-3(9)5(11)7(13)8(14)6(12)4(2)10/h3-8H,9-14H2,1-2H3. The molecule has 6 unspecified atom stereocenters. The van der Waals surface area contributed by atoms with E-state index in [1.165, 1.54) is 0 Å². The van der Waals surface area contributed by atoms with Crippen LogP contribution in [0.15, 0.2) is 0 Å². The lowest BCUT2D eigenvalue weighted by Gasteiger charge is -2.33. The Hall–Kier alpha value is -0.240. The first-order valence-corrected chi connectivity index (χ1v) is 4.82. The maximum atomic E-state index is 5.83. The molecule has 0 spiro atoms. The van der Waals surface area contributed by atoms with Gasteiger partial charge in [-0.15, -0.1) is 0 Å². The molecular formula is C8H24N6. The van der Waals surface area contributed by atoms with E-state index in [0.717, 1.165) is 0 Å². The fourth-order valence-corrected chi connectivity index (χ4v) is 1.21. The molecule has 12 N–H and O–H groups in total. The topological polar surface area (TPSA) is 156 Å². The molecule has 6 heteroatoms. The first-order valence-electron chi connectivity index (χ1n) is 4.82. The van der Waals surface area contributed by atoms with Crippen LogP contribution in [0.25, 0.3) is 0 Å². The predicted octanol–water partition coefficient (Wildman–Crippen LogP) is -3.01. The molecule has 86 valence electrons. The second-order valence-electron chi connectivity index (χ2n) is 4.03. The fourth-order valence-electron chi connectivity index (χ4n) is 1.21. The van der Waals surface area contributed by atoms with Crippen LogP contribution in [0.1, 0.15) is 13.8 Å². The van der Waals surface area contributed by atoms with Crippen LogP contribution in [0.2, 0.25) is 0 Å². The van der Waals surface area contributed by atoms with Crippen LogP contribution < -0.4 is 34.4 Å². The monoisotopic (exact) mass is 204 g/mol. The predicted molar refractivity (Wildman–Crippen MR) is 59.2 cm³/mol. The van der Waals surface area contributed by atoms with Crippen molar-refractivity contribution in [2.75, 3.05) is 0 Å². The minimum atomic E-state index is -0.434. The minimum absolute atomic E-state index is 0.212. The molecule has 0 aliphatic rings. The molecule has 6 atom stereocenters. The quantitative estimate of drug-likeness (QED) is 0.280. The first kappa shape index (κ1) is 13.8. The molecule has 6 nitrogen and oxygen atoms in total. The SMILES string of the molecule is CC(N)C(N)C(N)C(N)C(N)C(C)N. The highest BCUT2D eigenvalue weighted by molar-refractivity contribution is 4.97. The molecule has 0 bridgehead atoms. The van der Waals surface area contributed by atoms with Gasteiger partial charge in [0.05, 0.1) is 0 Å². The van der Waals surface area contributed by atoms with Gasteiger partial charge in [0.25, 0.3) is 0 Å². The Morgan fingerprint density at radius 3 is 0.857 bits per heavy atom. The molecule has 14 heavy (non-hydrogen) atoms. The lowest BCUT2D eigenvalue weighted by atomic mass is 9.90. The van der Waals surface area contributed by atoms with Crippen molar-refractivity contribution in [1.29, 1.82) is 0 Å². The molecule has 0 amide bonds. The molecular weight excluding hydrogens is 180 g/mol. The van der Waals surface area contributed by atoms with Crippen LogP contribution in [0.5, 0.6) is 0 Å². The number of rotatable bonds is 5. The summed E-state index contributed by atoms with van der Waals surface area (Å²) in [6.45, 7) is 3.57. The Labute approximate surface area is 85.3 Å². The van der Waals surface area contributed by atoms with Crippen LogP contribution in [-0.2, 0) is 0 Å². The largest absolute Gasteiger partial charge is 0.326 e. The minimum Gasteiger partial charge on any atom is -0.326 e. The maximum Gasteiger partial charge on any atom is 0.0377 e. The third kappa shape index (κ3) is 3.49. The molecule has 0 saturated carbocycles. The van der Waals surface area contributed by atoms with E-state index in [9.17, 15) is 0 Å². The van der Waals surface area contributed by atoms with Crippen molar-refractivity contribution in [1.82, 2.24) is 0 Å². The van der Waals surface area contributed by atoms with Crippen LogP contribution in [0.3, 0.4) is 0 Å². The van der Waals surface area contributed by atoms with E-state index in [-0.39, 0.29) is 24.2 Å². The summed E-state index contributed by atoms with van der Waals surface area (Å²) in [4.78, 5) is 0. The summed E-state index contributed by atoms with van der Waals surface area (Å²) in [5, 5.41) is 0. The number of hydrogen-bond donors (Lipinski definition) is 6. The lowest BCUT2D eigenvalue weighted by Crippen LogP contribution is -2.66. The van der Waals surface area contributed by atoms with Gasteiger partial charge >= 0.3 is 0 Å². The van der Waals surface area contributed by atoms with E-state index in [4.69, 9.17) is 34.4 Å². The van der Waals surface area contributed by atoms with Gasteiger partial charge < -0.3 is 34.4 Å². The molecule has 0 fully saturated rings. The average molecular weight is 204 g/mol. The highest BCUT2D eigenvalue weighted by Gasteiger charge is 2.29. The second-order valence-corrected chi connectivity index (χ2v) is 4.03. The zero-order valence-electron chi connectivity index (χ0n) is 8.93. The Kier molecular flexibility index (Phi) is 5.50. The summed E-state index contributed by atoms with van der Waals surface area (Å²) in [6.07, 6.45) is 0. The zero-order valence-corrected chi connectivity index (χ0v) is 8.93. The summed E-state index contributed by atoms with van der Waals surface area (Å²) >= 11 is 0. The molecule has 0 saturated heterocycles. The highest BCUT2D eigenvalue weighted by Crippen LogP contribution is 2.01. The van der Waals surface area contributed by atoms with E-state index in [1.54, 1.807) is 13.8 Å². The molecule has 0 radical (unpaired) electrons. The van der Waals surface area contributed by atoms with Crippen LogP contribution in [-0.4, -0.2) is 36.3 Å². The van der Waals surface area contributed by atoms with E-state index in [0.29, 0.717) is 0 Å². The summed E-state index contributed by atoms with van der Waals surface area (Å²) in [5.74, 6) is 0. The first-order chi connectivity index (χ1) is 6.29. The Bertz CT molecular complexity index is 142. The van der Waals surface area contributed by atoms with Crippen molar-refractivity contribution in [3.63, 3.8) is 0 Å². The molecule has 0 aromatic rings. The van der Waals surface area contributed by atoms with Gasteiger partial charge in [0.15, 0.2) is 0 Å². The third-order valence-corrected chi connectivity index (χ3v) is 2.55. The smallest absolute Gasteiger partial charge is 0.0377 e. The van der Waals surface area contributed by atoms with E-state index in [1.807, 2.05) is 0 Å². The molecule has 0 aliphatic carbocycles. The lowest BCUT2D eigenvalue weighted by molar-refractivity contribution is 0.345. The Morgan fingerprint density at radius 2 is 0.714 bits per heavy atom.